The van der Waals surface area contributed by atoms with E-state index in [0.29, 0.717) is 12.0 Å². The van der Waals surface area contributed by atoms with Crippen LogP contribution in [0.3, 0.4) is 0 Å². The van der Waals surface area contributed by atoms with Crippen molar-refractivity contribution in [2.24, 2.45) is 5.92 Å². The first-order valence-corrected chi connectivity index (χ1v) is 3.42. The van der Waals surface area contributed by atoms with Gasteiger partial charge in [0.1, 0.15) is 0 Å². The summed E-state index contributed by atoms with van der Waals surface area (Å²) in [6, 6.07) is 0. The van der Waals surface area contributed by atoms with Crippen molar-refractivity contribution in [3.63, 3.8) is 0 Å². The lowest BCUT2D eigenvalue weighted by Gasteiger charge is -2.07. The van der Waals surface area contributed by atoms with Gasteiger partial charge in [0.05, 0.1) is 6.10 Å². The Hall–Kier alpha value is -0.0800. The van der Waals surface area contributed by atoms with Crippen molar-refractivity contribution in [3.8, 4) is 0 Å². The number of hydrogen-bond acceptors (Lipinski definition) is 2. The molecular weight excluding hydrogens is 116 g/mol. The van der Waals surface area contributed by atoms with Crippen LogP contribution in [-0.4, -0.2) is 19.5 Å². The minimum atomic E-state index is 0.0509. The average Bonchev–Trinajstić information content (AvgIpc) is 2.13. The van der Waals surface area contributed by atoms with Crippen LogP contribution in [-0.2, 0) is 9.47 Å². The molecule has 1 saturated heterocycles. The van der Waals surface area contributed by atoms with E-state index in [2.05, 4.69) is 13.8 Å². The SMILES string of the molecule is COC1CC(C)C(C)O1. The molecule has 1 aliphatic heterocycles. The molecule has 0 bridgehead atoms. The minimum absolute atomic E-state index is 0.0509. The van der Waals surface area contributed by atoms with E-state index < -0.39 is 0 Å². The smallest absolute Gasteiger partial charge is 0.157 e. The van der Waals surface area contributed by atoms with E-state index >= 15 is 0 Å². The van der Waals surface area contributed by atoms with E-state index in [0.717, 1.165) is 6.42 Å². The summed E-state index contributed by atoms with van der Waals surface area (Å²) in [5.41, 5.74) is 0. The van der Waals surface area contributed by atoms with Crippen LogP contribution in [0.5, 0.6) is 0 Å². The summed E-state index contributed by atoms with van der Waals surface area (Å²) in [6.45, 7) is 4.27. The standard InChI is InChI=1S/C7H14O2/c1-5-4-7(8-3)9-6(5)2/h5-7H,4H2,1-3H3. The maximum atomic E-state index is 5.40. The molecule has 3 unspecified atom stereocenters. The van der Waals surface area contributed by atoms with Crippen LogP contribution < -0.4 is 0 Å². The lowest BCUT2D eigenvalue weighted by Crippen LogP contribution is -2.10. The quantitative estimate of drug-likeness (QED) is 0.534. The third-order valence-electron chi connectivity index (χ3n) is 1.99. The van der Waals surface area contributed by atoms with Gasteiger partial charge in [0, 0.05) is 13.5 Å². The van der Waals surface area contributed by atoms with Crippen molar-refractivity contribution >= 4 is 0 Å². The monoisotopic (exact) mass is 130 g/mol. The third kappa shape index (κ3) is 1.43. The summed E-state index contributed by atoms with van der Waals surface area (Å²) in [5, 5.41) is 0. The zero-order valence-electron chi connectivity index (χ0n) is 6.26. The number of rotatable bonds is 1. The molecule has 1 fully saturated rings. The Labute approximate surface area is 56.2 Å². The first-order chi connectivity index (χ1) is 4.24. The Bertz CT molecular complexity index is 82.9. The largest absolute Gasteiger partial charge is 0.356 e. The van der Waals surface area contributed by atoms with Crippen molar-refractivity contribution in [3.05, 3.63) is 0 Å². The van der Waals surface area contributed by atoms with Gasteiger partial charge in [-0.25, -0.2) is 0 Å². The highest BCUT2D eigenvalue weighted by Gasteiger charge is 2.28. The number of methoxy groups -OCH3 is 1. The van der Waals surface area contributed by atoms with Gasteiger partial charge in [-0.05, 0) is 12.8 Å². The molecule has 1 aliphatic rings. The molecule has 0 aliphatic carbocycles. The summed E-state index contributed by atoms with van der Waals surface area (Å²) < 4.78 is 10.4. The lowest BCUT2D eigenvalue weighted by molar-refractivity contribution is -0.111. The lowest BCUT2D eigenvalue weighted by atomic mass is 10.1. The summed E-state index contributed by atoms with van der Waals surface area (Å²) in [6.07, 6.45) is 1.46. The highest BCUT2D eigenvalue weighted by atomic mass is 16.7. The summed E-state index contributed by atoms with van der Waals surface area (Å²) in [7, 11) is 1.69. The molecule has 3 atom stereocenters. The first kappa shape index (κ1) is 7.03. The topological polar surface area (TPSA) is 18.5 Å². The van der Waals surface area contributed by atoms with E-state index in [-0.39, 0.29) is 6.29 Å². The van der Waals surface area contributed by atoms with Gasteiger partial charge < -0.3 is 9.47 Å². The summed E-state index contributed by atoms with van der Waals surface area (Å²) in [5.74, 6) is 0.648. The molecule has 9 heavy (non-hydrogen) atoms. The van der Waals surface area contributed by atoms with Crippen molar-refractivity contribution < 1.29 is 9.47 Å². The van der Waals surface area contributed by atoms with E-state index in [1.54, 1.807) is 7.11 Å². The molecule has 0 spiro atoms. The van der Waals surface area contributed by atoms with E-state index in [1.165, 1.54) is 0 Å². The normalized spacial score (nSPS) is 43.7. The fraction of sp³-hybridized carbons (Fsp3) is 1.00. The van der Waals surface area contributed by atoms with Crippen LogP contribution in [0.4, 0.5) is 0 Å². The van der Waals surface area contributed by atoms with Crippen molar-refractivity contribution in [1.82, 2.24) is 0 Å². The van der Waals surface area contributed by atoms with Gasteiger partial charge in [-0.1, -0.05) is 6.92 Å². The molecule has 1 heterocycles. The number of hydrogen-bond donors (Lipinski definition) is 0. The molecule has 0 aromatic carbocycles. The van der Waals surface area contributed by atoms with Gasteiger partial charge in [0.25, 0.3) is 0 Å². The third-order valence-corrected chi connectivity index (χ3v) is 1.99. The van der Waals surface area contributed by atoms with Gasteiger partial charge >= 0.3 is 0 Å². The maximum absolute atomic E-state index is 5.40. The Balaban J connectivity index is 2.35. The van der Waals surface area contributed by atoms with Crippen LogP contribution in [0.25, 0.3) is 0 Å². The van der Waals surface area contributed by atoms with E-state index in [9.17, 15) is 0 Å². The van der Waals surface area contributed by atoms with Crippen molar-refractivity contribution in [2.75, 3.05) is 7.11 Å². The van der Waals surface area contributed by atoms with E-state index in [4.69, 9.17) is 9.47 Å². The molecule has 1 rings (SSSR count). The molecule has 0 amide bonds. The molecule has 0 radical (unpaired) electrons. The zero-order valence-corrected chi connectivity index (χ0v) is 6.26. The van der Waals surface area contributed by atoms with Crippen molar-refractivity contribution in [1.29, 1.82) is 0 Å². The zero-order chi connectivity index (χ0) is 6.85. The van der Waals surface area contributed by atoms with Crippen LogP contribution in [0.2, 0.25) is 0 Å². The highest BCUT2D eigenvalue weighted by molar-refractivity contribution is 4.70. The Morgan fingerprint density at radius 1 is 1.44 bits per heavy atom. The van der Waals surface area contributed by atoms with Crippen molar-refractivity contribution in [2.45, 2.75) is 32.7 Å². The molecule has 2 heteroatoms. The van der Waals surface area contributed by atoms with Crippen LogP contribution >= 0.6 is 0 Å². The summed E-state index contributed by atoms with van der Waals surface area (Å²) in [4.78, 5) is 0. The predicted molar refractivity (Wildman–Crippen MR) is 35.1 cm³/mol. The molecular formula is C7H14O2. The molecule has 0 N–H and O–H groups in total. The average molecular weight is 130 g/mol. The molecule has 2 nitrogen and oxygen atoms in total. The van der Waals surface area contributed by atoms with Crippen LogP contribution in [0, 0.1) is 5.92 Å². The fourth-order valence-electron chi connectivity index (χ4n) is 1.08. The molecule has 0 saturated carbocycles. The molecule has 0 aromatic heterocycles. The van der Waals surface area contributed by atoms with Gasteiger partial charge in [0.15, 0.2) is 6.29 Å². The van der Waals surface area contributed by atoms with Gasteiger partial charge in [-0.3, -0.25) is 0 Å². The number of ether oxygens (including phenoxy) is 2. The van der Waals surface area contributed by atoms with Crippen LogP contribution in [0.15, 0.2) is 0 Å². The Kier molecular flexibility index (Phi) is 2.09. The minimum Gasteiger partial charge on any atom is -0.356 e. The summed E-state index contributed by atoms with van der Waals surface area (Å²) >= 11 is 0. The second-order valence-electron chi connectivity index (χ2n) is 2.72. The van der Waals surface area contributed by atoms with Gasteiger partial charge in [-0.15, -0.1) is 0 Å². The second kappa shape index (κ2) is 2.67. The fourth-order valence-corrected chi connectivity index (χ4v) is 1.08. The molecule has 54 valence electrons. The Morgan fingerprint density at radius 3 is 2.33 bits per heavy atom. The maximum Gasteiger partial charge on any atom is 0.157 e. The van der Waals surface area contributed by atoms with Gasteiger partial charge in [0.2, 0.25) is 0 Å². The van der Waals surface area contributed by atoms with Gasteiger partial charge in [-0.2, -0.15) is 0 Å². The highest BCUT2D eigenvalue weighted by Crippen LogP contribution is 2.25. The molecule has 0 aromatic rings. The van der Waals surface area contributed by atoms with Crippen LogP contribution in [0.1, 0.15) is 20.3 Å². The second-order valence-corrected chi connectivity index (χ2v) is 2.72. The van der Waals surface area contributed by atoms with E-state index in [1.807, 2.05) is 0 Å². The Morgan fingerprint density at radius 2 is 2.11 bits per heavy atom. The first-order valence-electron chi connectivity index (χ1n) is 3.42. The predicted octanol–water partition coefficient (Wildman–Crippen LogP) is 1.40.